The lowest BCUT2D eigenvalue weighted by Crippen LogP contribution is -2.48. The predicted molar refractivity (Wildman–Crippen MR) is 116 cm³/mol. The van der Waals surface area contributed by atoms with Gasteiger partial charge in [-0.3, -0.25) is 4.90 Å². The number of para-hydroxylation sites is 1. The molecule has 2 aromatic heterocycles. The number of thiazole rings is 1. The van der Waals surface area contributed by atoms with E-state index in [2.05, 4.69) is 32.0 Å². The summed E-state index contributed by atoms with van der Waals surface area (Å²) in [5.74, 6) is 0.360. The Morgan fingerprint density at radius 1 is 1.00 bits per heavy atom. The first kappa shape index (κ1) is 19.0. The van der Waals surface area contributed by atoms with E-state index in [1.807, 2.05) is 24.3 Å². The van der Waals surface area contributed by atoms with Gasteiger partial charge >= 0.3 is 0 Å². The summed E-state index contributed by atoms with van der Waals surface area (Å²) in [7, 11) is 0. The maximum absolute atomic E-state index is 14.8. The van der Waals surface area contributed by atoms with E-state index in [1.54, 1.807) is 19.1 Å². The van der Waals surface area contributed by atoms with Gasteiger partial charge in [-0.2, -0.15) is 4.52 Å². The van der Waals surface area contributed by atoms with E-state index in [0.29, 0.717) is 21.2 Å². The van der Waals surface area contributed by atoms with Crippen LogP contribution in [-0.4, -0.2) is 50.8 Å². The van der Waals surface area contributed by atoms with E-state index < -0.39 is 6.04 Å². The van der Waals surface area contributed by atoms with E-state index in [9.17, 15) is 9.50 Å². The minimum Gasteiger partial charge on any atom is -0.492 e. The zero-order valence-electron chi connectivity index (χ0n) is 16.6. The molecule has 4 aromatic rings. The van der Waals surface area contributed by atoms with Crippen molar-refractivity contribution in [3.8, 4) is 5.88 Å². The average molecular weight is 424 g/mol. The Morgan fingerprint density at radius 3 is 2.40 bits per heavy atom. The molecule has 1 saturated heterocycles. The fraction of sp³-hybridized carbons (Fsp3) is 0.273. The normalized spacial score (nSPS) is 16.3. The zero-order chi connectivity index (χ0) is 20.7. The number of anilines is 1. The summed E-state index contributed by atoms with van der Waals surface area (Å²) < 4.78 is 16.3. The van der Waals surface area contributed by atoms with Crippen LogP contribution in [0.1, 0.15) is 22.3 Å². The molecule has 154 valence electrons. The van der Waals surface area contributed by atoms with Gasteiger partial charge in [-0.25, -0.2) is 9.37 Å². The molecule has 0 unspecified atom stereocenters. The molecule has 1 atom stereocenters. The minimum absolute atomic E-state index is 0.0364. The van der Waals surface area contributed by atoms with Crippen LogP contribution in [0.4, 0.5) is 10.1 Å². The van der Waals surface area contributed by atoms with Crippen molar-refractivity contribution >= 4 is 22.0 Å². The first-order valence-corrected chi connectivity index (χ1v) is 10.8. The summed E-state index contributed by atoms with van der Waals surface area (Å²) >= 11 is 1.36. The van der Waals surface area contributed by atoms with Crippen molar-refractivity contribution < 1.29 is 9.50 Å². The highest BCUT2D eigenvalue weighted by molar-refractivity contribution is 7.17. The van der Waals surface area contributed by atoms with Crippen LogP contribution in [0, 0.1) is 12.7 Å². The Morgan fingerprint density at radius 2 is 1.70 bits per heavy atom. The molecule has 5 rings (SSSR count). The fourth-order valence-corrected chi connectivity index (χ4v) is 5.26. The highest BCUT2D eigenvalue weighted by Gasteiger charge is 2.33. The van der Waals surface area contributed by atoms with Crippen LogP contribution in [0.15, 0.2) is 54.6 Å². The van der Waals surface area contributed by atoms with Crippen LogP contribution < -0.4 is 4.90 Å². The Kier molecular flexibility index (Phi) is 4.88. The zero-order valence-corrected chi connectivity index (χ0v) is 17.4. The molecule has 1 aliphatic heterocycles. The maximum Gasteiger partial charge on any atom is 0.230 e. The number of aryl methyl sites for hydroxylation is 1. The van der Waals surface area contributed by atoms with Gasteiger partial charge in [0, 0.05) is 37.4 Å². The van der Waals surface area contributed by atoms with Gasteiger partial charge in [0.25, 0.3) is 0 Å². The first-order valence-electron chi connectivity index (χ1n) is 9.95. The number of nitrogens with zero attached hydrogens (tertiary/aromatic N) is 5. The molecule has 0 amide bonds. The quantitative estimate of drug-likeness (QED) is 0.540. The van der Waals surface area contributed by atoms with E-state index in [0.717, 1.165) is 26.2 Å². The molecule has 0 radical (unpaired) electrons. The van der Waals surface area contributed by atoms with Gasteiger partial charge in [-0.15, -0.1) is 5.10 Å². The molecule has 30 heavy (non-hydrogen) atoms. The van der Waals surface area contributed by atoms with Crippen molar-refractivity contribution in [1.82, 2.24) is 19.5 Å². The monoisotopic (exact) mass is 423 g/mol. The Labute approximate surface area is 177 Å². The number of aromatic hydroxyl groups is 1. The van der Waals surface area contributed by atoms with Crippen LogP contribution in [0.2, 0.25) is 0 Å². The molecule has 0 aliphatic carbocycles. The lowest BCUT2D eigenvalue weighted by atomic mass is 10.0. The number of fused-ring (bicyclic) bond motifs is 1. The summed E-state index contributed by atoms with van der Waals surface area (Å²) in [6.45, 7) is 4.95. The van der Waals surface area contributed by atoms with Gasteiger partial charge in [-0.1, -0.05) is 47.7 Å². The molecule has 3 heterocycles. The molecular formula is C22H22FN5OS. The van der Waals surface area contributed by atoms with Gasteiger partial charge in [0.2, 0.25) is 10.8 Å². The summed E-state index contributed by atoms with van der Waals surface area (Å²) in [6, 6.07) is 16.7. The molecule has 1 N–H and O–H groups in total. The van der Waals surface area contributed by atoms with E-state index in [-0.39, 0.29) is 11.7 Å². The Balaban J connectivity index is 1.50. The third-order valence-electron chi connectivity index (χ3n) is 5.55. The van der Waals surface area contributed by atoms with Gasteiger partial charge in [0.05, 0.1) is 10.9 Å². The Bertz CT molecular complexity index is 1170. The van der Waals surface area contributed by atoms with Gasteiger partial charge < -0.3 is 10.0 Å². The van der Waals surface area contributed by atoms with E-state index in [1.165, 1.54) is 27.6 Å². The summed E-state index contributed by atoms with van der Waals surface area (Å²) in [5.41, 5.74) is 1.75. The van der Waals surface area contributed by atoms with E-state index in [4.69, 9.17) is 0 Å². The standard InChI is InChI=1S/C22H22FN5OS/c1-15-24-22-28(25-15)21(29)20(30-22)19(17-9-5-6-10-18(17)23)27-13-11-26(12-14-27)16-7-3-2-4-8-16/h2-10,19,29H,11-14H2,1H3/t19-/m0/s1. The summed E-state index contributed by atoms with van der Waals surface area (Å²) in [6.07, 6.45) is 0. The van der Waals surface area contributed by atoms with Crippen molar-refractivity contribution in [3.05, 3.63) is 76.7 Å². The number of piperazine rings is 1. The second kappa shape index (κ2) is 7.70. The molecular weight excluding hydrogens is 401 g/mol. The lowest BCUT2D eigenvalue weighted by Gasteiger charge is -2.40. The van der Waals surface area contributed by atoms with Crippen LogP contribution in [0.5, 0.6) is 5.88 Å². The van der Waals surface area contributed by atoms with E-state index >= 15 is 0 Å². The second-order valence-electron chi connectivity index (χ2n) is 7.43. The maximum atomic E-state index is 14.8. The molecule has 0 spiro atoms. The summed E-state index contributed by atoms with van der Waals surface area (Å²) in [4.78, 5) is 10.2. The van der Waals surface area contributed by atoms with Gasteiger partial charge in [0.1, 0.15) is 11.6 Å². The van der Waals surface area contributed by atoms with Crippen LogP contribution in [-0.2, 0) is 0 Å². The molecule has 8 heteroatoms. The number of benzene rings is 2. The highest BCUT2D eigenvalue weighted by atomic mass is 32.1. The largest absolute Gasteiger partial charge is 0.492 e. The number of hydrogen-bond acceptors (Lipinski definition) is 6. The third kappa shape index (κ3) is 3.32. The van der Waals surface area contributed by atoms with Crippen molar-refractivity contribution in [1.29, 1.82) is 0 Å². The number of rotatable bonds is 4. The molecule has 1 aliphatic rings. The first-order chi connectivity index (χ1) is 14.6. The van der Waals surface area contributed by atoms with Crippen molar-refractivity contribution in [2.45, 2.75) is 13.0 Å². The smallest absolute Gasteiger partial charge is 0.230 e. The number of aromatic nitrogens is 3. The SMILES string of the molecule is Cc1nc2sc([C@H](c3ccccc3F)N3CCN(c4ccccc4)CC3)c(O)n2n1. The summed E-state index contributed by atoms with van der Waals surface area (Å²) in [5, 5.41) is 15.2. The number of halogens is 1. The highest BCUT2D eigenvalue weighted by Crippen LogP contribution is 2.41. The topological polar surface area (TPSA) is 56.9 Å². The van der Waals surface area contributed by atoms with Crippen LogP contribution in [0.25, 0.3) is 4.96 Å². The van der Waals surface area contributed by atoms with Crippen LogP contribution >= 0.6 is 11.3 Å². The average Bonchev–Trinajstić information content (AvgIpc) is 3.28. The molecule has 0 bridgehead atoms. The van der Waals surface area contributed by atoms with Crippen LogP contribution in [0.3, 0.4) is 0 Å². The molecule has 0 saturated carbocycles. The lowest BCUT2D eigenvalue weighted by molar-refractivity contribution is 0.208. The van der Waals surface area contributed by atoms with Gasteiger partial charge in [-0.05, 0) is 25.1 Å². The van der Waals surface area contributed by atoms with Crippen molar-refractivity contribution in [2.24, 2.45) is 0 Å². The third-order valence-corrected chi connectivity index (χ3v) is 6.63. The fourth-order valence-electron chi connectivity index (χ4n) is 4.10. The second-order valence-corrected chi connectivity index (χ2v) is 8.44. The number of hydrogen-bond donors (Lipinski definition) is 1. The van der Waals surface area contributed by atoms with Crippen molar-refractivity contribution in [2.75, 3.05) is 31.1 Å². The van der Waals surface area contributed by atoms with Crippen molar-refractivity contribution in [3.63, 3.8) is 0 Å². The molecule has 2 aromatic carbocycles. The Hall–Kier alpha value is -2.97. The molecule has 6 nitrogen and oxygen atoms in total. The predicted octanol–water partition coefficient (Wildman–Crippen LogP) is 3.86. The minimum atomic E-state index is -0.391. The van der Waals surface area contributed by atoms with Gasteiger partial charge in [0.15, 0.2) is 0 Å². The molecule has 1 fully saturated rings.